The molecule has 146 valence electrons. The van der Waals surface area contributed by atoms with Crippen LogP contribution in [0.1, 0.15) is 64.2 Å². The van der Waals surface area contributed by atoms with Crippen molar-refractivity contribution in [2.24, 2.45) is 0 Å². The molecule has 28 heavy (non-hydrogen) atoms. The third-order valence-corrected chi connectivity index (χ3v) is 6.85. The van der Waals surface area contributed by atoms with Crippen molar-refractivity contribution in [3.8, 4) is 16.9 Å². The standard InChI is InChI=1S/C27H32O/c1-7-21-22-11-8-18(16-20(22)10-13-25(21)28-6)19-9-12-23-24(17-19)27(4,5)15-14-26(23,2)3/h8-13,16-17H,7,14-15H2,1-6H3. The van der Waals surface area contributed by atoms with E-state index >= 15 is 0 Å². The van der Waals surface area contributed by atoms with Gasteiger partial charge in [-0.1, -0.05) is 71.0 Å². The summed E-state index contributed by atoms with van der Waals surface area (Å²) in [6.45, 7) is 11.8. The molecule has 0 unspecified atom stereocenters. The Balaban J connectivity index is 1.85. The molecule has 0 fully saturated rings. The van der Waals surface area contributed by atoms with E-state index < -0.39 is 0 Å². The average molecular weight is 373 g/mol. The van der Waals surface area contributed by atoms with E-state index in [0.717, 1.165) is 12.2 Å². The lowest BCUT2D eigenvalue weighted by Crippen LogP contribution is -2.33. The molecule has 3 aromatic carbocycles. The Morgan fingerprint density at radius 3 is 2.11 bits per heavy atom. The third kappa shape index (κ3) is 3.02. The van der Waals surface area contributed by atoms with Gasteiger partial charge in [0.05, 0.1) is 7.11 Å². The number of benzene rings is 3. The predicted molar refractivity (Wildman–Crippen MR) is 121 cm³/mol. The van der Waals surface area contributed by atoms with Crippen molar-refractivity contribution in [1.82, 2.24) is 0 Å². The smallest absolute Gasteiger partial charge is 0.122 e. The third-order valence-electron chi connectivity index (χ3n) is 6.85. The van der Waals surface area contributed by atoms with Crippen molar-refractivity contribution in [3.63, 3.8) is 0 Å². The summed E-state index contributed by atoms with van der Waals surface area (Å²) in [5.74, 6) is 0.987. The van der Waals surface area contributed by atoms with Crippen molar-refractivity contribution in [2.45, 2.75) is 64.7 Å². The van der Waals surface area contributed by atoms with Crippen molar-refractivity contribution < 1.29 is 4.74 Å². The average Bonchev–Trinajstić information content (AvgIpc) is 2.69. The summed E-state index contributed by atoms with van der Waals surface area (Å²) in [5, 5.41) is 2.58. The minimum Gasteiger partial charge on any atom is -0.496 e. The van der Waals surface area contributed by atoms with Crippen LogP contribution < -0.4 is 4.74 Å². The summed E-state index contributed by atoms with van der Waals surface area (Å²) in [5.41, 5.74) is 7.44. The molecule has 0 saturated carbocycles. The van der Waals surface area contributed by atoms with Gasteiger partial charge in [-0.2, -0.15) is 0 Å². The van der Waals surface area contributed by atoms with Gasteiger partial charge in [0.25, 0.3) is 0 Å². The van der Waals surface area contributed by atoms with Crippen LogP contribution >= 0.6 is 0 Å². The number of methoxy groups -OCH3 is 1. The monoisotopic (exact) mass is 372 g/mol. The van der Waals surface area contributed by atoms with Crippen LogP contribution in [0, 0.1) is 0 Å². The van der Waals surface area contributed by atoms with Crippen LogP contribution in [0.25, 0.3) is 21.9 Å². The number of hydrogen-bond donors (Lipinski definition) is 0. The van der Waals surface area contributed by atoms with E-state index in [1.54, 1.807) is 7.11 Å². The van der Waals surface area contributed by atoms with E-state index in [1.165, 1.54) is 51.4 Å². The highest BCUT2D eigenvalue weighted by Crippen LogP contribution is 2.47. The van der Waals surface area contributed by atoms with Crippen LogP contribution in [0.3, 0.4) is 0 Å². The quantitative estimate of drug-likeness (QED) is 0.464. The molecule has 1 heteroatoms. The van der Waals surface area contributed by atoms with Crippen molar-refractivity contribution >= 4 is 10.8 Å². The zero-order valence-corrected chi connectivity index (χ0v) is 18.1. The first-order valence-corrected chi connectivity index (χ1v) is 10.5. The van der Waals surface area contributed by atoms with Gasteiger partial charge in [0, 0.05) is 5.56 Å². The normalized spacial score (nSPS) is 17.4. The lowest BCUT2D eigenvalue weighted by atomic mass is 9.63. The molecule has 0 bridgehead atoms. The molecule has 4 rings (SSSR count). The first kappa shape index (κ1) is 19.1. The fourth-order valence-corrected chi connectivity index (χ4v) is 4.88. The Morgan fingerprint density at radius 1 is 0.786 bits per heavy atom. The molecule has 0 aromatic heterocycles. The number of rotatable bonds is 3. The summed E-state index contributed by atoms with van der Waals surface area (Å²) in [6.07, 6.45) is 3.47. The summed E-state index contributed by atoms with van der Waals surface area (Å²) in [7, 11) is 1.76. The fraction of sp³-hybridized carbons (Fsp3) is 0.407. The predicted octanol–water partition coefficient (Wildman–Crippen LogP) is 7.43. The Morgan fingerprint density at radius 2 is 1.43 bits per heavy atom. The zero-order chi connectivity index (χ0) is 20.1. The maximum absolute atomic E-state index is 5.56. The summed E-state index contributed by atoms with van der Waals surface area (Å²) < 4.78 is 5.56. The number of aryl methyl sites for hydroxylation is 1. The van der Waals surface area contributed by atoms with Crippen LogP contribution in [-0.2, 0) is 17.3 Å². The molecule has 1 aliphatic carbocycles. The van der Waals surface area contributed by atoms with Gasteiger partial charge in [-0.3, -0.25) is 0 Å². The van der Waals surface area contributed by atoms with E-state index in [4.69, 9.17) is 4.74 Å². The lowest BCUT2D eigenvalue weighted by molar-refractivity contribution is 0.332. The van der Waals surface area contributed by atoms with Gasteiger partial charge < -0.3 is 4.74 Å². The minimum atomic E-state index is 0.237. The Bertz CT molecular complexity index is 1040. The molecule has 1 nitrogen and oxygen atoms in total. The highest BCUT2D eigenvalue weighted by Gasteiger charge is 2.36. The molecule has 1 aliphatic rings. The van der Waals surface area contributed by atoms with Crippen LogP contribution in [0.4, 0.5) is 0 Å². The second kappa shape index (κ2) is 6.65. The molecule has 0 radical (unpaired) electrons. The Kier molecular flexibility index (Phi) is 4.53. The van der Waals surface area contributed by atoms with Crippen molar-refractivity contribution in [1.29, 1.82) is 0 Å². The number of ether oxygens (including phenoxy) is 1. The van der Waals surface area contributed by atoms with E-state index in [0.29, 0.717) is 0 Å². The molecule has 0 aliphatic heterocycles. The molecule has 0 atom stereocenters. The molecule has 3 aromatic rings. The second-order valence-electron chi connectivity index (χ2n) is 9.56. The van der Waals surface area contributed by atoms with Gasteiger partial charge in [0.15, 0.2) is 0 Å². The molecular formula is C27H32O. The van der Waals surface area contributed by atoms with Gasteiger partial charge >= 0.3 is 0 Å². The second-order valence-corrected chi connectivity index (χ2v) is 9.56. The molecule has 0 heterocycles. The summed E-state index contributed by atoms with van der Waals surface area (Å²) in [4.78, 5) is 0. The van der Waals surface area contributed by atoms with E-state index in [-0.39, 0.29) is 10.8 Å². The highest BCUT2D eigenvalue weighted by molar-refractivity contribution is 5.91. The Labute approximate surface area is 169 Å². The van der Waals surface area contributed by atoms with Crippen LogP contribution in [-0.4, -0.2) is 7.11 Å². The van der Waals surface area contributed by atoms with Crippen LogP contribution in [0.15, 0.2) is 48.5 Å². The fourth-order valence-electron chi connectivity index (χ4n) is 4.88. The summed E-state index contributed by atoms with van der Waals surface area (Å²) in [6, 6.07) is 18.3. The van der Waals surface area contributed by atoms with Crippen LogP contribution in [0.2, 0.25) is 0 Å². The molecule has 0 amide bonds. The first-order valence-electron chi connectivity index (χ1n) is 10.5. The summed E-state index contributed by atoms with van der Waals surface area (Å²) >= 11 is 0. The van der Waals surface area contributed by atoms with Crippen molar-refractivity contribution in [2.75, 3.05) is 7.11 Å². The lowest BCUT2D eigenvalue weighted by Gasteiger charge is -2.42. The van der Waals surface area contributed by atoms with Gasteiger partial charge in [0.1, 0.15) is 5.75 Å². The maximum Gasteiger partial charge on any atom is 0.122 e. The SMILES string of the molecule is CCc1c(OC)ccc2cc(-c3ccc4c(c3)C(C)(C)CCC4(C)C)ccc12. The van der Waals surface area contributed by atoms with Crippen LogP contribution in [0.5, 0.6) is 5.75 Å². The molecule has 0 spiro atoms. The number of fused-ring (bicyclic) bond motifs is 2. The molecular weight excluding hydrogens is 340 g/mol. The molecule has 0 N–H and O–H groups in total. The largest absolute Gasteiger partial charge is 0.496 e. The first-order chi connectivity index (χ1) is 13.3. The van der Waals surface area contributed by atoms with E-state index in [1.807, 2.05) is 0 Å². The molecule has 0 saturated heterocycles. The highest BCUT2D eigenvalue weighted by atomic mass is 16.5. The van der Waals surface area contributed by atoms with E-state index in [9.17, 15) is 0 Å². The minimum absolute atomic E-state index is 0.237. The van der Waals surface area contributed by atoms with E-state index in [2.05, 4.69) is 83.1 Å². The van der Waals surface area contributed by atoms with Gasteiger partial charge in [-0.05, 0) is 75.3 Å². The zero-order valence-electron chi connectivity index (χ0n) is 18.1. The number of hydrogen-bond acceptors (Lipinski definition) is 1. The Hall–Kier alpha value is -2.28. The van der Waals surface area contributed by atoms with Crippen molar-refractivity contribution in [3.05, 3.63) is 65.2 Å². The van der Waals surface area contributed by atoms with Gasteiger partial charge in [0.2, 0.25) is 0 Å². The topological polar surface area (TPSA) is 9.23 Å². The van der Waals surface area contributed by atoms with Gasteiger partial charge in [-0.25, -0.2) is 0 Å². The van der Waals surface area contributed by atoms with Gasteiger partial charge in [-0.15, -0.1) is 0 Å². The maximum atomic E-state index is 5.56.